The predicted molar refractivity (Wildman–Crippen MR) is 120 cm³/mol. The van der Waals surface area contributed by atoms with Gasteiger partial charge in [-0.05, 0) is 55.5 Å². The second-order valence-corrected chi connectivity index (χ2v) is 9.66. The van der Waals surface area contributed by atoms with Gasteiger partial charge in [-0.2, -0.15) is 0 Å². The van der Waals surface area contributed by atoms with Crippen molar-refractivity contribution in [2.24, 2.45) is 0 Å². The molecule has 3 heterocycles. The van der Waals surface area contributed by atoms with Crippen molar-refractivity contribution in [3.63, 3.8) is 0 Å². The van der Waals surface area contributed by atoms with E-state index in [2.05, 4.69) is 15.2 Å². The zero-order chi connectivity index (χ0) is 23.4. The summed E-state index contributed by atoms with van der Waals surface area (Å²) in [5.41, 5.74) is -0.318. The van der Waals surface area contributed by atoms with E-state index in [1.165, 1.54) is 23.2 Å². The van der Waals surface area contributed by atoms with E-state index in [1.54, 1.807) is 29.2 Å². The first-order valence-electron chi connectivity index (χ1n) is 11.2. The van der Waals surface area contributed by atoms with Gasteiger partial charge < -0.3 is 9.32 Å². The summed E-state index contributed by atoms with van der Waals surface area (Å²) in [5.74, 6) is 0.992. The molecule has 2 aliphatic carbocycles. The first kappa shape index (κ1) is 21.2. The number of hydrogen-bond donors (Lipinski definition) is 0. The fourth-order valence-electron chi connectivity index (χ4n) is 4.85. The molecular formula is C24H21ClFN5O3. The summed E-state index contributed by atoms with van der Waals surface area (Å²) in [6.45, 7) is 0.0735. The molecule has 8 nitrogen and oxygen atoms in total. The molecule has 3 fully saturated rings. The van der Waals surface area contributed by atoms with Crippen LogP contribution in [0.2, 0.25) is 5.02 Å². The van der Waals surface area contributed by atoms with Crippen LogP contribution in [-0.2, 0) is 16.1 Å². The number of pyridine rings is 1. The van der Waals surface area contributed by atoms with Gasteiger partial charge in [0.05, 0.1) is 5.02 Å². The van der Waals surface area contributed by atoms with E-state index < -0.39 is 5.54 Å². The van der Waals surface area contributed by atoms with Gasteiger partial charge in [0.15, 0.2) is 0 Å². The molecule has 2 aromatic heterocycles. The maximum absolute atomic E-state index is 13.8. The van der Waals surface area contributed by atoms with E-state index in [4.69, 9.17) is 16.0 Å². The number of nitrogens with zero attached hydrogens (tertiary/aromatic N) is 5. The zero-order valence-corrected chi connectivity index (χ0v) is 18.9. The highest BCUT2D eigenvalue weighted by Gasteiger charge is 2.61. The second kappa shape index (κ2) is 7.87. The van der Waals surface area contributed by atoms with Crippen LogP contribution in [0.1, 0.15) is 54.9 Å². The van der Waals surface area contributed by atoms with Crippen LogP contribution < -0.4 is 4.90 Å². The Morgan fingerprint density at radius 3 is 2.38 bits per heavy atom. The van der Waals surface area contributed by atoms with Crippen molar-refractivity contribution in [3.8, 4) is 0 Å². The molecule has 2 amide bonds. The molecule has 0 atom stereocenters. The Morgan fingerprint density at radius 2 is 1.74 bits per heavy atom. The van der Waals surface area contributed by atoms with E-state index >= 15 is 0 Å². The number of carbonyl (C=O) groups is 2. The van der Waals surface area contributed by atoms with Crippen LogP contribution >= 0.6 is 11.6 Å². The summed E-state index contributed by atoms with van der Waals surface area (Å²) in [4.78, 5) is 34.5. The van der Waals surface area contributed by atoms with Crippen LogP contribution in [0.25, 0.3) is 0 Å². The molecule has 3 aliphatic rings. The molecule has 1 spiro atoms. The minimum absolute atomic E-state index is 0.120. The third-order valence-electron chi connectivity index (χ3n) is 6.90. The number of amides is 2. The summed E-state index contributed by atoms with van der Waals surface area (Å²) in [6, 6.07) is 9.23. The lowest BCUT2D eigenvalue weighted by molar-refractivity contribution is -0.160. The maximum atomic E-state index is 13.8. The van der Waals surface area contributed by atoms with Crippen LogP contribution in [0.4, 0.5) is 10.2 Å². The normalized spacial score (nSPS) is 24.6. The Hall–Kier alpha value is -3.33. The average Bonchev–Trinajstić information content (AvgIpc) is 3.54. The molecule has 0 bridgehead atoms. The molecular weight excluding hydrogens is 461 g/mol. The largest absolute Gasteiger partial charge is 0.425 e. The number of piperazine rings is 1. The molecule has 10 heteroatoms. The van der Waals surface area contributed by atoms with Gasteiger partial charge in [-0.15, -0.1) is 10.2 Å². The minimum Gasteiger partial charge on any atom is -0.425 e. The number of halogens is 2. The summed E-state index contributed by atoms with van der Waals surface area (Å²) in [7, 11) is 0. The Bertz CT molecular complexity index is 1250. The van der Waals surface area contributed by atoms with E-state index in [1.807, 2.05) is 0 Å². The van der Waals surface area contributed by atoms with Gasteiger partial charge in [-0.3, -0.25) is 14.5 Å². The number of benzene rings is 1. The minimum atomic E-state index is -1.07. The predicted octanol–water partition coefficient (Wildman–Crippen LogP) is 3.83. The molecule has 6 rings (SSSR count). The summed E-state index contributed by atoms with van der Waals surface area (Å²) in [6.07, 6.45) is 4.30. The molecule has 0 unspecified atom stereocenters. The lowest BCUT2D eigenvalue weighted by Gasteiger charge is -2.56. The van der Waals surface area contributed by atoms with Gasteiger partial charge in [-0.1, -0.05) is 23.7 Å². The summed E-state index contributed by atoms with van der Waals surface area (Å²) in [5, 5.41) is 8.82. The van der Waals surface area contributed by atoms with Gasteiger partial charge >= 0.3 is 0 Å². The van der Waals surface area contributed by atoms with E-state index in [0.29, 0.717) is 41.4 Å². The molecule has 34 heavy (non-hydrogen) atoms. The second-order valence-electron chi connectivity index (χ2n) is 9.22. The maximum Gasteiger partial charge on any atom is 0.254 e. The number of aromatic nitrogens is 3. The quantitative estimate of drug-likeness (QED) is 0.550. The lowest BCUT2D eigenvalue weighted by Crippen LogP contribution is -2.72. The standard InChI is InChI=1S/C24H21ClFN5O3/c25-17-5-8-19(27-11-17)30-13-20(32)31(12-14-1-6-18(26)7-2-14)24(23(30)33)9-16(10-24)22-29-28-21(34-22)15-3-4-15/h1-2,5-8,11,15-16H,3-4,9-10,12-13H2. The van der Waals surface area contributed by atoms with Crippen molar-refractivity contribution >= 4 is 29.2 Å². The van der Waals surface area contributed by atoms with Gasteiger partial charge in [0.1, 0.15) is 23.7 Å². The molecule has 1 aliphatic heterocycles. The summed E-state index contributed by atoms with van der Waals surface area (Å²) < 4.78 is 19.3. The molecule has 174 valence electrons. The Balaban J connectivity index is 1.31. The molecule has 0 radical (unpaired) electrons. The van der Waals surface area contributed by atoms with Crippen LogP contribution in [-0.4, -0.2) is 44.0 Å². The molecule has 0 N–H and O–H groups in total. The SMILES string of the molecule is O=C1CN(c2ccc(Cl)cn2)C(=O)C2(CC(c3nnc(C4CC4)o3)C2)N1Cc1ccc(F)cc1. The first-order valence-corrected chi connectivity index (χ1v) is 11.6. The van der Waals surface area contributed by atoms with Crippen molar-refractivity contribution in [3.05, 3.63) is 70.8 Å². The zero-order valence-electron chi connectivity index (χ0n) is 18.2. The van der Waals surface area contributed by atoms with Crippen molar-refractivity contribution in [2.45, 2.75) is 49.6 Å². The number of carbonyl (C=O) groups excluding carboxylic acids is 2. The van der Waals surface area contributed by atoms with Crippen LogP contribution in [0.15, 0.2) is 47.0 Å². The number of hydrogen-bond acceptors (Lipinski definition) is 6. The van der Waals surface area contributed by atoms with E-state index in [-0.39, 0.29) is 36.6 Å². The van der Waals surface area contributed by atoms with Crippen molar-refractivity contribution in [2.75, 3.05) is 11.4 Å². The van der Waals surface area contributed by atoms with Crippen LogP contribution in [0.5, 0.6) is 0 Å². The highest BCUT2D eigenvalue weighted by atomic mass is 35.5. The third-order valence-corrected chi connectivity index (χ3v) is 7.12. The van der Waals surface area contributed by atoms with Crippen molar-refractivity contribution < 1.29 is 18.4 Å². The Labute approximate surface area is 199 Å². The highest BCUT2D eigenvalue weighted by molar-refractivity contribution is 6.30. The topological polar surface area (TPSA) is 92.4 Å². The summed E-state index contributed by atoms with van der Waals surface area (Å²) >= 11 is 5.96. The molecule has 1 aromatic carbocycles. The van der Waals surface area contributed by atoms with Crippen molar-refractivity contribution in [1.82, 2.24) is 20.1 Å². The first-order chi connectivity index (χ1) is 16.4. The monoisotopic (exact) mass is 481 g/mol. The third kappa shape index (κ3) is 3.55. The highest BCUT2D eigenvalue weighted by Crippen LogP contribution is 2.52. The smallest absolute Gasteiger partial charge is 0.254 e. The number of rotatable bonds is 5. The molecule has 2 saturated carbocycles. The van der Waals surface area contributed by atoms with E-state index in [9.17, 15) is 14.0 Å². The molecule has 1 saturated heterocycles. The van der Waals surface area contributed by atoms with Gasteiger partial charge in [-0.25, -0.2) is 9.37 Å². The van der Waals surface area contributed by atoms with Gasteiger partial charge in [0.2, 0.25) is 17.7 Å². The van der Waals surface area contributed by atoms with Gasteiger partial charge in [0, 0.05) is 24.6 Å². The Morgan fingerprint density at radius 1 is 1.03 bits per heavy atom. The fraction of sp³-hybridized carbons (Fsp3) is 0.375. The van der Waals surface area contributed by atoms with Crippen molar-refractivity contribution in [1.29, 1.82) is 0 Å². The lowest BCUT2D eigenvalue weighted by atomic mass is 9.65. The molecule has 3 aromatic rings. The average molecular weight is 482 g/mol. The fourth-order valence-corrected chi connectivity index (χ4v) is 4.97. The Kier molecular flexibility index (Phi) is 4.91. The van der Waals surface area contributed by atoms with E-state index in [0.717, 1.165) is 18.4 Å². The van der Waals surface area contributed by atoms with Gasteiger partial charge in [0.25, 0.3) is 5.91 Å². The van der Waals surface area contributed by atoms with Crippen LogP contribution in [0.3, 0.4) is 0 Å². The van der Waals surface area contributed by atoms with Crippen LogP contribution in [0, 0.1) is 5.82 Å². The number of anilines is 1.